The van der Waals surface area contributed by atoms with E-state index in [-0.39, 0.29) is 4.90 Å². The number of hydrogen-bond donors (Lipinski definition) is 1. The molecule has 1 heterocycles. The van der Waals surface area contributed by atoms with E-state index in [9.17, 15) is 13.2 Å². The van der Waals surface area contributed by atoms with Crippen molar-refractivity contribution in [3.8, 4) is 11.5 Å². The van der Waals surface area contributed by atoms with Crippen LogP contribution in [0.25, 0.3) is 0 Å². The van der Waals surface area contributed by atoms with E-state index in [1.165, 1.54) is 18.2 Å². The Morgan fingerprint density at radius 3 is 2.61 bits per heavy atom. The van der Waals surface area contributed by atoms with Gasteiger partial charge in [-0.3, -0.25) is 4.79 Å². The lowest BCUT2D eigenvalue weighted by molar-refractivity contribution is -0.114. The molecule has 2 aliphatic rings. The van der Waals surface area contributed by atoms with Crippen LogP contribution < -0.4 is 14.2 Å². The van der Waals surface area contributed by atoms with Crippen molar-refractivity contribution in [1.29, 1.82) is 0 Å². The molecule has 0 radical (unpaired) electrons. The maximum absolute atomic E-state index is 12.3. The van der Waals surface area contributed by atoms with Crippen LogP contribution in [-0.2, 0) is 14.8 Å². The topological polar surface area (TPSA) is 81.7 Å². The average molecular weight is 337 g/mol. The lowest BCUT2D eigenvalue weighted by Gasteiger charge is -2.10. The maximum atomic E-state index is 12.3. The molecule has 124 valence electrons. The molecule has 0 saturated heterocycles. The van der Waals surface area contributed by atoms with Crippen LogP contribution in [0.1, 0.15) is 26.2 Å². The summed E-state index contributed by atoms with van der Waals surface area (Å²) in [7, 11) is -3.94. The summed E-state index contributed by atoms with van der Waals surface area (Å²) in [5.41, 5.74) is 0.913. The van der Waals surface area contributed by atoms with Crippen molar-refractivity contribution < 1.29 is 22.7 Å². The van der Waals surface area contributed by atoms with Crippen molar-refractivity contribution in [2.45, 2.75) is 31.1 Å². The molecule has 0 bridgehead atoms. The van der Waals surface area contributed by atoms with E-state index in [1.807, 2.05) is 6.92 Å². The Morgan fingerprint density at radius 1 is 1.22 bits per heavy atom. The Hall–Kier alpha value is -2.02. The minimum absolute atomic E-state index is 0.0208. The fourth-order valence-corrected chi connectivity index (χ4v) is 3.35. The summed E-state index contributed by atoms with van der Waals surface area (Å²) in [6.45, 7) is 2.84. The second kappa shape index (κ2) is 6.23. The largest absolute Gasteiger partial charge is 0.490 e. The van der Waals surface area contributed by atoms with Crippen molar-refractivity contribution >= 4 is 15.9 Å². The highest BCUT2D eigenvalue weighted by Crippen LogP contribution is 2.36. The fourth-order valence-electron chi connectivity index (χ4n) is 2.39. The highest BCUT2D eigenvalue weighted by Gasteiger charge is 2.25. The quantitative estimate of drug-likeness (QED) is 0.850. The van der Waals surface area contributed by atoms with Gasteiger partial charge in [-0.2, -0.15) is 0 Å². The minimum atomic E-state index is -3.94. The Kier molecular flexibility index (Phi) is 4.30. The van der Waals surface area contributed by atoms with Crippen molar-refractivity contribution in [3.63, 3.8) is 0 Å². The summed E-state index contributed by atoms with van der Waals surface area (Å²) in [4.78, 5) is 11.9. The molecule has 0 unspecified atom stereocenters. The summed E-state index contributed by atoms with van der Waals surface area (Å²) in [6.07, 6.45) is 4.21. The predicted octanol–water partition coefficient (Wildman–Crippen LogP) is 2.01. The molecule has 1 N–H and O–H groups in total. The molecule has 7 heteroatoms. The smallest absolute Gasteiger partial charge is 0.264 e. The lowest BCUT2D eigenvalue weighted by Crippen LogP contribution is -2.29. The van der Waals surface area contributed by atoms with Gasteiger partial charge in [-0.15, -0.1) is 0 Å². The number of fused-ring (bicyclic) bond motifs is 1. The number of nitrogens with one attached hydrogen (secondary N) is 1. The zero-order valence-corrected chi connectivity index (χ0v) is 13.7. The second-order valence-corrected chi connectivity index (χ2v) is 7.47. The van der Waals surface area contributed by atoms with Crippen molar-refractivity contribution in [2.24, 2.45) is 5.92 Å². The van der Waals surface area contributed by atoms with Gasteiger partial charge in [0.25, 0.3) is 15.9 Å². The van der Waals surface area contributed by atoms with Crippen LogP contribution in [0.3, 0.4) is 0 Å². The van der Waals surface area contributed by atoms with Gasteiger partial charge in [0, 0.05) is 18.6 Å². The van der Waals surface area contributed by atoms with Gasteiger partial charge in [-0.1, -0.05) is 5.57 Å². The van der Waals surface area contributed by atoms with Crippen LogP contribution in [0.4, 0.5) is 0 Å². The molecule has 6 nitrogen and oxygen atoms in total. The van der Waals surface area contributed by atoms with Crippen LogP contribution in [0.5, 0.6) is 11.5 Å². The van der Waals surface area contributed by atoms with Gasteiger partial charge in [0.15, 0.2) is 11.5 Å². The lowest BCUT2D eigenvalue weighted by atomic mass is 10.2. The third kappa shape index (κ3) is 3.85. The Morgan fingerprint density at radius 2 is 1.91 bits per heavy atom. The van der Waals surface area contributed by atoms with Crippen LogP contribution >= 0.6 is 0 Å². The highest BCUT2D eigenvalue weighted by molar-refractivity contribution is 7.90. The van der Waals surface area contributed by atoms with E-state index in [2.05, 4.69) is 4.72 Å². The standard InChI is InChI=1S/C16H19NO5S/c1-11(12-3-4-12)9-16(18)17-23(19,20)13-5-6-14-15(10-13)22-8-2-7-21-14/h5-6,9-10,12H,2-4,7-8H2,1H3,(H,17,18)/b11-9-. The molecule has 1 saturated carbocycles. The molecule has 0 spiro atoms. The summed E-state index contributed by atoms with van der Waals surface area (Å²) in [6, 6.07) is 4.33. The number of ether oxygens (including phenoxy) is 2. The third-order valence-electron chi connectivity index (χ3n) is 3.84. The second-order valence-electron chi connectivity index (χ2n) is 5.79. The van der Waals surface area contributed by atoms with Gasteiger partial charge in [-0.05, 0) is 37.8 Å². The van der Waals surface area contributed by atoms with E-state index in [4.69, 9.17) is 9.47 Å². The maximum Gasteiger partial charge on any atom is 0.264 e. The highest BCUT2D eigenvalue weighted by atomic mass is 32.2. The van der Waals surface area contributed by atoms with Gasteiger partial charge < -0.3 is 9.47 Å². The molecular formula is C16H19NO5S. The molecule has 1 aromatic carbocycles. The molecule has 0 atom stereocenters. The van der Waals surface area contributed by atoms with E-state index < -0.39 is 15.9 Å². The Balaban J connectivity index is 1.78. The van der Waals surface area contributed by atoms with E-state index >= 15 is 0 Å². The fraction of sp³-hybridized carbons (Fsp3) is 0.438. The first-order valence-electron chi connectivity index (χ1n) is 7.60. The van der Waals surface area contributed by atoms with Crippen LogP contribution in [-0.4, -0.2) is 27.5 Å². The first kappa shape index (κ1) is 15.9. The van der Waals surface area contributed by atoms with Crippen LogP contribution in [0.2, 0.25) is 0 Å². The number of hydrogen-bond acceptors (Lipinski definition) is 5. The first-order chi connectivity index (χ1) is 11.0. The number of sulfonamides is 1. The number of carbonyl (C=O) groups is 1. The van der Waals surface area contributed by atoms with Crippen molar-refractivity contribution in [3.05, 3.63) is 29.8 Å². The number of rotatable bonds is 4. The van der Waals surface area contributed by atoms with E-state index in [1.54, 1.807) is 6.07 Å². The number of carbonyl (C=O) groups excluding carboxylic acids is 1. The summed E-state index contributed by atoms with van der Waals surface area (Å²) in [5, 5.41) is 0. The van der Waals surface area contributed by atoms with Crippen molar-refractivity contribution in [1.82, 2.24) is 4.72 Å². The van der Waals surface area contributed by atoms with Gasteiger partial charge in [0.1, 0.15) is 0 Å². The number of amides is 1. The summed E-state index contributed by atoms with van der Waals surface area (Å²) < 4.78 is 37.7. The molecule has 1 aliphatic carbocycles. The molecule has 3 rings (SSSR count). The van der Waals surface area contributed by atoms with Crippen LogP contribution in [0, 0.1) is 5.92 Å². The summed E-state index contributed by atoms with van der Waals surface area (Å²) in [5.74, 6) is 0.683. The predicted molar refractivity (Wildman–Crippen MR) is 83.9 cm³/mol. The normalized spacial score (nSPS) is 18.2. The Labute approximate surface area is 135 Å². The molecule has 1 fully saturated rings. The van der Waals surface area contributed by atoms with Gasteiger partial charge in [-0.25, -0.2) is 13.1 Å². The van der Waals surface area contributed by atoms with Crippen LogP contribution in [0.15, 0.2) is 34.7 Å². The van der Waals surface area contributed by atoms with Crippen molar-refractivity contribution in [2.75, 3.05) is 13.2 Å². The monoisotopic (exact) mass is 337 g/mol. The molecule has 1 aromatic rings. The molecular weight excluding hydrogens is 318 g/mol. The average Bonchev–Trinajstić information content (AvgIpc) is 3.32. The van der Waals surface area contributed by atoms with E-state index in [0.717, 1.165) is 24.8 Å². The molecule has 1 amide bonds. The third-order valence-corrected chi connectivity index (χ3v) is 5.19. The Bertz CT molecular complexity index is 750. The zero-order chi connectivity index (χ0) is 16.4. The zero-order valence-electron chi connectivity index (χ0n) is 12.9. The molecule has 0 aromatic heterocycles. The number of benzene rings is 1. The minimum Gasteiger partial charge on any atom is -0.490 e. The summed E-state index contributed by atoms with van der Waals surface area (Å²) >= 11 is 0. The molecule has 23 heavy (non-hydrogen) atoms. The van der Waals surface area contributed by atoms with Gasteiger partial charge >= 0.3 is 0 Å². The SMILES string of the molecule is C/C(=C/C(=O)NS(=O)(=O)c1ccc2c(c1)OCCCO2)C1CC1. The van der Waals surface area contributed by atoms with E-state index in [0.29, 0.717) is 30.6 Å². The van der Waals surface area contributed by atoms with Gasteiger partial charge in [0.2, 0.25) is 0 Å². The first-order valence-corrected chi connectivity index (χ1v) is 9.09. The molecule has 1 aliphatic heterocycles. The number of allylic oxidation sites excluding steroid dienone is 1. The van der Waals surface area contributed by atoms with Gasteiger partial charge in [0.05, 0.1) is 18.1 Å².